The van der Waals surface area contributed by atoms with Crippen molar-refractivity contribution in [2.75, 3.05) is 13.2 Å². The average molecular weight is 242 g/mol. The highest BCUT2D eigenvalue weighted by atomic mass is 32.1. The third kappa shape index (κ3) is 5.72. The van der Waals surface area contributed by atoms with E-state index in [1.54, 1.807) is 11.3 Å². The molecule has 16 heavy (non-hydrogen) atoms. The van der Waals surface area contributed by atoms with Crippen molar-refractivity contribution in [2.24, 2.45) is 0 Å². The summed E-state index contributed by atoms with van der Waals surface area (Å²) in [6.45, 7) is 1.47. The highest BCUT2D eigenvalue weighted by Crippen LogP contribution is 2.06. The first-order chi connectivity index (χ1) is 7.83. The molecule has 0 radical (unpaired) electrons. The summed E-state index contributed by atoms with van der Waals surface area (Å²) in [5.74, 6) is 0. The van der Waals surface area contributed by atoms with Crippen molar-refractivity contribution in [2.45, 2.75) is 25.8 Å². The molecule has 0 aliphatic rings. The Kier molecular flexibility index (Phi) is 6.60. The largest absolute Gasteiger partial charge is 0.396 e. The standard InChI is InChI=1S/C11H18N2O2S/c14-7-3-1-2-6-12-11(15)13-9-10-5-4-8-16-10/h4-5,8,14H,1-3,6-7,9H2,(H2,12,13,15). The molecule has 0 fully saturated rings. The summed E-state index contributed by atoms with van der Waals surface area (Å²) in [6.07, 6.45) is 2.66. The van der Waals surface area contributed by atoms with Crippen LogP contribution in [0.1, 0.15) is 24.1 Å². The number of aliphatic hydroxyl groups excluding tert-OH is 1. The van der Waals surface area contributed by atoms with Gasteiger partial charge in [0.1, 0.15) is 0 Å². The molecule has 5 heteroatoms. The van der Waals surface area contributed by atoms with E-state index in [1.807, 2.05) is 17.5 Å². The number of rotatable bonds is 7. The van der Waals surface area contributed by atoms with Gasteiger partial charge in [0.15, 0.2) is 0 Å². The molecule has 1 aromatic rings. The first-order valence-electron chi connectivity index (χ1n) is 5.48. The zero-order valence-corrected chi connectivity index (χ0v) is 10.1. The Bertz CT molecular complexity index is 288. The highest BCUT2D eigenvalue weighted by molar-refractivity contribution is 7.09. The molecular formula is C11H18N2O2S. The van der Waals surface area contributed by atoms with Gasteiger partial charge < -0.3 is 15.7 Å². The maximum absolute atomic E-state index is 11.3. The molecule has 0 spiro atoms. The van der Waals surface area contributed by atoms with E-state index in [2.05, 4.69) is 10.6 Å². The molecule has 0 bridgehead atoms. The normalized spacial score (nSPS) is 10.1. The Balaban J connectivity index is 1.99. The zero-order valence-electron chi connectivity index (χ0n) is 9.24. The number of hydrogen-bond acceptors (Lipinski definition) is 3. The van der Waals surface area contributed by atoms with Crippen molar-refractivity contribution in [1.29, 1.82) is 0 Å². The maximum atomic E-state index is 11.3. The van der Waals surface area contributed by atoms with Crippen molar-refractivity contribution < 1.29 is 9.90 Å². The second-order valence-electron chi connectivity index (χ2n) is 3.47. The molecule has 90 valence electrons. The van der Waals surface area contributed by atoms with E-state index in [1.165, 1.54) is 0 Å². The SMILES string of the molecule is O=C(NCCCCCO)NCc1cccs1. The number of hydrogen-bond donors (Lipinski definition) is 3. The number of aliphatic hydroxyl groups is 1. The molecule has 1 heterocycles. The molecule has 4 nitrogen and oxygen atoms in total. The topological polar surface area (TPSA) is 61.4 Å². The van der Waals surface area contributed by atoms with E-state index >= 15 is 0 Å². The second-order valence-corrected chi connectivity index (χ2v) is 4.51. The fourth-order valence-electron chi connectivity index (χ4n) is 1.26. The summed E-state index contributed by atoms with van der Waals surface area (Å²) in [6, 6.07) is 3.83. The molecule has 0 unspecified atom stereocenters. The summed E-state index contributed by atoms with van der Waals surface area (Å²) < 4.78 is 0. The first-order valence-corrected chi connectivity index (χ1v) is 6.36. The minimum Gasteiger partial charge on any atom is -0.396 e. The van der Waals surface area contributed by atoms with Gasteiger partial charge in [-0.3, -0.25) is 0 Å². The lowest BCUT2D eigenvalue weighted by atomic mass is 10.2. The summed E-state index contributed by atoms with van der Waals surface area (Å²) in [4.78, 5) is 12.5. The van der Waals surface area contributed by atoms with Gasteiger partial charge in [-0.15, -0.1) is 11.3 Å². The predicted molar refractivity (Wildman–Crippen MR) is 65.5 cm³/mol. The van der Waals surface area contributed by atoms with Gasteiger partial charge in [0.25, 0.3) is 0 Å². The van der Waals surface area contributed by atoms with Crippen LogP contribution in [0, 0.1) is 0 Å². The van der Waals surface area contributed by atoms with Crippen LogP contribution in [-0.4, -0.2) is 24.3 Å². The second kappa shape index (κ2) is 8.13. The smallest absolute Gasteiger partial charge is 0.315 e. The number of unbranched alkanes of at least 4 members (excludes halogenated alkanes) is 2. The van der Waals surface area contributed by atoms with E-state index in [4.69, 9.17) is 5.11 Å². The molecule has 0 aliphatic carbocycles. The monoisotopic (exact) mass is 242 g/mol. The van der Waals surface area contributed by atoms with Crippen LogP contribution in [0.5, 0.6) is 0 Å². The molecule has 0 atom stereocenters. The minimum atomic E-state index is -0.127. The van der Waals surface area contributed by atoms with Crippen LogP contribution >= 0.6 is 11.3 Å². The van der Waals surface area contributed by atoms with Crippen LogP contribution in [0.4, 0.5) is 4.79 Å². The fraction of sp³-hybridized carbons (Fsp3) is 0.545. The number of nitrogens with one attached hydrogen (secondary N) is 2. The van der Waals surface area contributed by atoms with E-state index in [0.29, 0.717) is 13.1 Å². The molecule has 1 rings (SSSR count). The van der Waals surface area contributed by atoms with Gasteiger partial charge in [0.05, 0.1) is 6.54 Å². The van der Waals surface area contributed by atoms with Gasteiger partial charge in [-0.2, -0.15) is 0 Å². The highest BCUT2D eigenvalue weighted by Gasteiger charge is 1.99. The number of urea groups is 1. The quantitative estimate of drug-likeness (QED) is 0.637. The van der Waals surface area contributed by atoms with Crippen molar-refractivity contribution in [3.63, 3.8) is 0 Å². The molecular weight excluding hydrogens is 224 g/mol. The van der Waals surface area contributed by atoms with E-state index in [9.17, 15) is 4.79 Å². The maximum Gasteiger partial charge on any atom is 0.315 e. The van der Waals surface area contributed by atoms with Crippen LogP contribution in [0.15, 0.2) is 17.5 Å². The minimum absolute atomic E-state index is 0.127. The lowest BCUT2D eigenvalue weighted by Gasteiger charge is -2.06. The van der Waals surface area contributed by atoms with Gasteiger partial charge >= 0.3 is 6.03 Å². The van der Waals surface area contributed by atoms with E-state index in [-0.39, 0.29) is 12.6 Å². The molecule has 0 aliphatic heterocycles. The predicted octanol–water partition coefficient (Wildman–Crippen LogP) is 1.71. The third-order valence-corrected chi connectivity index (χ3v) is 3.00. The Morgan fingerprint density at radius 1 is 1.31 bits per heavy atom. The molecule has 1 aromatic heterocycles. The Labute approximate surface area is 99.7 Å². The zero-order chi connectivity index (χ0) is 11.6. The third-order valence-electron chi connectivity index (χ3n) is 2.12. The van der Waals surface area contributed by atoms with Crippen LogP contribution < -0.4 is 10.6 Å². The fourth-order valence-corrected chi connectivity index (χ4v) is 1.90. The summed E-state index contributed by atoms with van der Waals surface area (Å²) >= 11 is 1.63. The number of amides is 2. The molecule has 0 saturated carbocycles. The van der Waals surface area contributed by atoms with Gasteiger partial charge in [-0.05, 0) is 30.7 Å². The molecule has 0 saturated heterocycles. The molecule has 0 aromatic carbocycles. The molecule has 3 N–H and O–H groups in total. The van der Waals surface area contributed by atoms with E-state index < -0.39 is 0 Å². The number of carbonyl (C=O) groups excluding carboxylic acids is 1. The summed E-state index contributed by atoms with van der Waals surface area (Å²) in [5.41, 5.74) is 0. The van der Waals surface area contributed by atoms with Crippen molar-refractivity contribution in [1.82, 2.24) is 10.6 Å². The number of thiophene rings is 1. The van der Waals surface area contributed by atoms with Crippen molar-refractivity contribution >= 4 is 17.4 Å². The van der Waals surface area contributed by atoms with Crippen LogP contribution in [0.2, 0.25) is 0 Å². The van der Waals surface area contributed by atoms with Gasteiger partial charge in [0, 0.05) is 18.0 Å². The van der Waals surface area contributed by atoms with Gasteiger partial charge in [0.2, 0.25) is 0 Å². The Hall–Kier alpha value is -1.07. The van der Waals surface area contributed by atoms with Crippen molar-refractivity contribution in [3.05, 3.63) is 22.4 Å². The van der Waals surface area contributed by atoms with Crippen LogP contribution in [0.3, 0.4) is 0 Å². The van der Waals surface area contributed by atoms with Crippen LogP contribution in [0.25, 0.3) is 0 Å². The molecule has 2 amide bonds. The van der Waals surface area contributed by atoms with Gasteiger partial charge in [-0.1, -0.05) is 6.07 Å². The average Bonchev–Trinajstić information content (AvgIpc) is 2.79. The number of carbonyl (C=O) groups is 1. The lowest BCUT2D eigenvalue weighted by molar-refractivity contribution is 0.240. The first kappa shape index (κ1) is 13.0. The Morgan fingerprint density at radius 3 is 2.88 bits per heavy atom. The van der Waals surface area contributed by atoms with E-state index in [0.717, 1.165) is 24.1 Å². The summed E-state index contributed by atoms with van der Waals surface area (Å²) in [5, 5.41) is 16.1. The lowest BCUT2D eigenvalue weighted by Crippen LogP contribution is -2.35. The Morgan fingerprint density at radius 2 is 2.19 bits per heavy atom. The van der Waals surface area contributed by atoms with Gasteiger partial charge in [-0.25, -0.2) is 4.79 Å². The van der Waals surface area contributed by atoms with Crippen molar-refractivity contribution in [3.8, 4) is 0 Å². The van der Waals surface area contributed by atoms with Crippen LogP contribution in [-0.2, 0) is 6.54 Å². The summed E-state index contributed by atoms with van der Waals surface area (Å²) in [7, 11) is 0.